The fraction of sp³-hybridized carbons (Fsp3) is 0.185. The van der Waals surface area contributed by atoms with Crippen molar-refractivity contribution in [2.24, 2.45) is 0 Å². The number of benzene rings is 3. The Morgan fingerprint density at radius 1 is 0.912 bits per heavy atom. The number of esters is 1. The first-order chi connectivity index (χ1) is 16.5. The van der Waals surface area contributed by atoms with Crippen LogP contribution in [-0.4, -0.2) is 36.8 Å². The third kappa shape index (κ3) is 4.73. The Bertz CT molecular complexity index is 1310. The van der Waals surface area contributed by atoms with Crippen molar-refractivity contribution >= 4 is 28.5 Å². The Balaban J connectivity index is 1.56. The average molecular weight is 459 g/mol. The largest absolute Gasteiger partial charge is 0.494 e. The lowest BCUT2D eigenvalue weighted by atomic mass is 10.1. The molecule has 7 nitrogen and oxygen atoms in total. The van der Waals surface area contributed by atoms with Crippen molar-refractivity contribution in [3.63, 3.8) is 0 Å². The molecular formula is C27H26N2O5. The number of para-hydroxylation sites is 1. The van der Waals surface area contributed by atoms with E-state index >= 15 is 0 Å². The zero-order chi connectivity index (χ0) is 24.1. The summed E-state index contributed by atoms with van der Waals surface area (Å²) in [6.07, 6.45) is 0. The van der Waals surface area contributed by atoms with Crippen LogP contribution in [0.25, 0.3) is 16.6 Å². The van der Waals surface area contributed by atoms with E-state index in [4.69, 9.17) is 14.2 Å². The number of carbonyl (C=O) groups excluding carboxylic acids is 2. The molecule has 0 unspecified atom stereocenters. The fourth-order valence-corrected chi connectivity index (χ4v) is 3.90. The van der Waals surface area contributed by atoms with Gasteiger partial charge in [0.15, 0.2) is 6.61 Å². The summed E-state index contributed by atoms with van der Waals surface area (Å²) in [5.74, 6) is 0.493. The Hall–Kier alpha value is -4.26. The molecule has 4 aromatic rings. The summed E-state index contributed by atoms with van der Waals surface area (Å²) in [6.45, 7) is 4.20. The highest BCUT2D eigenvalue weighted by Gasteiger charge is 2.22. The van der Waals surface area contributed by atoms with E-state index in [0.29, 0.717) is 29.0 Å². The minimum atomic E-state index is -0.428. The van der Waals surface area contributed by atoms with Gasteiger partial charge < -0.3 is 24.1 Å². The topological polar surface area (TPSA) is 78.8 Å². The number of aromatic nitrogens is 1. The molecule has 0 aliphatic heterocycles. The van der Waals surface area contributed by atoms with Crippen LogP contribution < -0.4 is 14.8 Å². The molecule has 0 radical (unpaired) electrons. The van der Waals surface area contributed by atoms with Gasteiger partial charge in [-0.15, -0.1) is 0 Å². The lowest BCUT2D eigenvalue weighted by Gasteiger charge is -2.10. The van der Waals surface area contributed by atoms with Crippen LogP contribution in [-0.2, 0) is 9.53 Å². The third-order valence-corrected chi connectivity index (χ3v) is 5.40. The van der Waals surface area contributed by atoms with Gasteiger partial charge >= 0.3 is 5.97 Å². The standard InChI is InChI=1S/C27H26N2O5/c1-4-33-21-12-10-19(11-13-21)28-25(30)17-34-22-14-15-24-23(16-22)26(27(31)32-3)18(2)29(24)20-8-6-5-7-9-20/h5-16H,4,17H2,1-3H3,(H,28,30). The van der Waals surface area contributed by atoms with Crippen LogP contribution in [0.4, 0.5) is 5.69 Å². The SMILES string of the molecule is CCOc1ccc(NC(=O)COc2ccc3c(c2)c(C(=O)OC)c(C)n3-c2ccccc2)cc1. The van der Waals surface area contributed by atoms with Crippen LogP contribution in [0.15, 0.2) is 72.8 Å². The molecule has 0 saturated carbocycles. The smallest absolute Gasteiger partial charge is 0.340 e. The molecule has 0 aliphatic rings. The second-order valence-electron chi connectivity index (χ2n) is 7.60. The normalized spacial score (nSPS) is 10.7. The van der Waals surface area contributed by atoms with Gasteiger partial charge in [0.05, 0.1) is 24.8 Å². The summed E-state index contributed by atoms with van der Waals surface area (Å²) >= 11 is 0. The fourth-order valence-electron chi connectivity index (χ4n) is 3.90. The number of carbonyl (C=O) groups is 2. The Kier molecular flexibility index (Phi) is 6.82. The van der Waals surface area contributed by atoms with Gasteiger partial charge in [0.2, 0.25) is 0 Å². The van der Waals surface area contributed by atoms with E-state index in [0.717, 1.165) is 22.6 Å². The van der Waals surface area contributed by atoms with E-state index in [1.54, 1.807) is 36.4 Å². The van der Waals surface area contributed by atoms with Crippen molar-refractivity contribution in [2.75, 3.05) is 25.6 Å². The number of anilines is 1. The number of rotatable bonds is 8. The molecular weight excluding hydrogens is 432 g/mol. The Morgan fingerprint density at radius 3 is 2.29 bits per heavy atom. The van der Waals surface area contributed by atoms with E-state index in [1.807, 2.05) is 54.8 Å². The highest BCUT2D eigenvalue weighted by Crippen LogP contribution is 2.32. The quantitative estimate of drug-likeness (QED) is 0.370. The van der Waals surface area contributed by atoms with Crippen LogP contribution in [0.3, 0.4) is 0 Å². The molecule has 174 valence electrons. The highest BCUT2D eigenvalue weighted by atomic mass is 16.5. The second-order valence-corrected chi connectivity index (χ2v) is 7.60. The molecule has 0 aliphatic carbocycles. The van der Waals surface area contributed by atoms with Crippen LogP contribution in [0.5, 0.6) is 11.5 Å². The predicted octanol–water partition coefficient (Wildman–Crippen LogP) is 5.14. The van der Waals surface area contributed by atoms with Crippen molar-refractivity contribution < 1.29 is 23.8 Å². The second kappa shape index (κ2) is 10.1. The molecule has 0 bridgehead atoms. The molecule has 4 rings (SSSR count). The lowest BCUT2D eigenvalue weighted by molar-refractivity contribution is -0.118. The molecule has 1 amide bonds. The summed E-state index contributed by atoms with van der Waals surface area (Å²) in [7, 11) is 1.36. The third-order valence-electron chi connectivity index (χ3n) is 5.40. The Labute approximate surface area is 197 Å². The number of nitrogens with zero attached hydrogens (tertiary/aromatic N) is 1. The molecule has 0 atom stereocenters. The summed E-state index contributed by atoms with van der Waals surface area (Å²) in [4.78, 5) is 25.0. The van der Waals surface area contributed by atoms with Gasteiger partial charge in [0.25, 0.3) is 5.91 Å². The van der Waals surface area contributed by atoms with E-state index in [1.165, 1.54) is 7.11 Å². The summed E-state index contributed by atoms with van der Waals surface area (Å²) < 4.78 is 18.2. The first-order valence-electron chi connectivity index (χ1n) is 11.0. The molecule has 7 heteroatoms. The van der Waals surface area contributed by atoms with Crippen LogP contribution in [0, 0.1) is 6.92 Å². The first-order valence-corrected chi connectivity index (χ1v) is 11.0. The van der Waals surface area contributed by atoms with Crippen LogP contribution in [0.2, 0.25) is 0 Å². The molecule has 1 N–H and O–H groups in total. The van der Waals surface area contributed by atoms with Gasteiger partial charge in [-0.1, -0.05) is 18.2 Å². The maximum Gasteiger partial charge on any atom is 0.340 e. The summed E-state index contributed by atoms with van der Waals surface area (Å²) in [5, 5.41) is 3.49. The monoisotopic (exact) mass is 458 g/mol. The van der Waals surface area contributed by atoms with Crippen molar-refractivity contribution in [3.05, 3.63) is 84.1 Å². The number of amides is 1. The van der Waals surface area contributed by atoms with Crippen molar-refractivity contribution in [1.82, 2.24) is 4.57 Å². The molecule has 1 heterocycles. The molecule has 1 aromatic heterocycles. The summed E-state index contributed by atoms with van der Waals surface area (Å²) in [6, 6.07) is 22.3. The van der Waals surface area contributed by atoms with Gasteiger partial charge in [-0.2, -0.15) is 0 Å². The first kappa shape index (κ1) is 22.9. The van der Waals surface area contributed by atoms with E-state index in [9.17, 15) is 9.59 Å². The molecule has 3 aromatic carbocycles. The zero-order valence-electron chi connectivity index (χ0n) is 19.3. The van der Waals surface area contributed by atoms with Crippen LogP contribution in [0.1, 0.15) is 23.0 Å². The maximum atomic E-state index is 12.6. The van der Waals surface area contributed by atoms with Crippen molar-refractivity contribution in [1.29, 1.82) is 0 Å². The maximum absolute atomic E-state index is 12.6. The Morgan fingerprint density at radius 2 is 1.62 bits per heavy atom. The van der Waals surface area contributed by atoms with E-state index in [-0.39, 0.29) is 12.5 Å². The number of ether oxygens (including phenoxy) is 3. The predicted molar refractivity (Wildman–Crippen MR) is 131 cm³/mol. The molecule has 34 heavy (non-hydrogen) atoms. The van der Waals surface area contributed by atoms with Crippen LogP contribution >= 0.6 is 0 Å². The minimum absolute atomic E-state index is 0.176. The van der Waals surface area contributed by atoms with Gasteiger partial charge in [-0.05, 0) is 68.4 Å². The van der Waals surface area contributed by atoms with E-state index in [2.05, 4.69) is 5.32 Å². The lowest BCUT2D eigenvalue weighted by Crippen LogP contribution is -2.20. The molecule has 0 fully saturated rings. The van der Waals surface area contributed by atoms with Crippen molar-refractivity contribution in [2.45, 2.75) is 13.8 Å². The number of hydrogen-bond donors (Lipinski definition) is 1. The number of fused-ring (bicyclic) bond motifs is 1. The van der Waals surface area contributed by atoms with Gasteiger partial charge in [-0.3, -0.25) is 4.79 Å². The van der Waals surface area contributed by atoms with Gasteiger partial charge in [0, 0.05) is 22.5 Å². The molecule has 0 saturated heterocycles. The zero-order valence-corrected chi connectivity index (χ0v) is 19.3. The minimum Gasteiger partial charge on any atom is -0.494 e. The van der Waals surface area contributed by atoms with E-state index < -0.39 is 5.97 Å². The average Bonchev–Trinajstić information content (AvgIpc) is 3.15. The number of methoxy groups -OCH3 is 1. The van der Waals surface area contributed by atoms with Gasteiger partial charge in [-0.25, -0.2) is 4.79 Å². The van der Waals surface area contributed by atoms with Gasteiger partial charge in [0.1, 0.15) is 11.5 Å². The number of nitrogens with one attached hydrogen (secondary N) is 1. The summed E-state index contributed by atoms with van der Waals surface area (Å²) in [5.41, 5.74) is 3.65. The molecule has 0 spiro atoms. The van der Waals surface area contributed by atoms with Crippen molar-refractivity contribution in [3.8, 4) is 17.2 Å². The number of hydrogen-bond acceptors (Lipinski definition) is 5. The highest BCUT2D eigenvalue weighted by molar-refractivity contribution is 6.07.